The van der Waals surface area contributed by atoms with Crippen molar-refractivity contribution < 1.29 is 22.4 Å². The minimum atomic E-state index is -3.50. The summed E-state index contributed by atoms with van der Waals surface area (Å²) >= 11 is 0.820. The van der Waals surface area contributed by atoms with E-state index in [-0.39, 0.29) is 9.80 Å². The van der Waals surface area contributed by atoms with Crippen LogP contribution < -0.4 is 5.32 Å². The standard InChI is InChI=1S/C22H19N3O5S2/c26-21-19(31-22(27)24-21)11-16-10-15-12-23-13-18(20(15)30-16)14-4-6-17(7-5-14)32(28,29)25-8-2-1-3-9-25/h4-7,10-13H,1-3,8-9H2,(H,24,26,27). The molecule has 0 atom stereocenters. The van der Waals surface area contributed by atoms with Crippen LogP contribution in [-0.2, 0) is 14.8 Å². The highest BCUT2D eigenvalue weighted by Crippen LogP contribution is 2.33. The highest BCUT2D eigenvalue weighted by atomic mass is 32.2. The molecule has 2 fully saturated rings. The summed E-state index contributed by atoms with van der Waals surface area (Å²) in [5.74, 6) is -0.0322. The van der Waals surface area contributed by atoms with Gasteiger partial charge in [-0.15, -0.1) is 0 Å². The third-order valence-electron chi connectivity index (χ3n) is 5.48. The van der Waals surface area contributed by atoms with Gasteiger partial charge in [-0.2, -0.15) is 4.31 Å². The number of carbonyl (C=O) groups excluding carboxylic acids is 2. The van der Waals surface area contributed by atoms with Gasteiger partial charge in [0.15, 0.2) is 0 Å². The number of thioether (sulfide) groups is 1. The largest absolute Gasteiger partial charge is 0.456 e. The number of pyridine rings is 1. The number of benzene rings is 1. The molecule has 0 spiro atoms. The molecule has 5 rings (SSSR count). The summed E-state index contributed by atoms with van der Waals surface area (Å²) in [7, 11) is -3.50. The second kappa shape index (κ2) is 8.19. The molecule has 2 aliphatic heterocycles. The van der Waals surface area contributed by atoms with Gasteiger partial charge in [-0.25, -0.2) is 8.42 Å². The van der Waals surface area contributed by atoms with Crippen molar-refractivity contribution in [1.29, 1.82) is 0 Å². The van der Waals surface area contributed by atoms with Gasteiger partial charge in [0, 0.05) is 42.5 Å². The monoisotopic (exact) mass is 469 g/mol. The van der Waals surface area contributed by atoms with E-state index in [1.807, 2.05) is 0 Å². The lowest BCUT2D eigenvalue weighted by Gasteiger charge is -2.25. The van der Waals surface area contributed by atoms with Gasteiger partial charge in [-0.3, -0.25) is 19.9 Å². The Morgan fingerprint density at radius 3 is 2.50 bits per heavy atom. The number of amides is 2. The van der Waals surface area contributed by atoms with Crippen molar-refractivity contribution in [1.82, 2.24) is 14.6 Å². The third-order valence-corrected chi connectivity index (χ3v) is 8.20. The van der Waals surface area contributed by atoms with Gasteiger partial charge in [0.1, 0.15) is 11.3 Å². The molecule has 2 amide bonds. The Kier molecular flexibility index (Phi) is 5.36. The second-order valence-corrected chi connectivity index (χ2v) is 10.5. The third kappa shape index (κ3) is 3.85. The van der Waals surface area contributed by atoms with Crippen LogP contribution in [-0.4, -0.2) is 41.9 Å². The molecule has 0 radical (unpaired) electrons. The van der Waals surface area contributed by atoms with Crippen molar-refractivity contribution in [3.63, 3.8) is 0 Å². The van der Waals surface area contributed by atoms with Gasteiger partial charge in [0.25, 0.3) is 11.1 Å². The molecule has 0 aliphatic carbocycles. The van der Waals surface area contributed by atoms with Crippen LogP contribution in [0.2, 0.25) is 0 Å². The molecule has 4 heterocycles. The number of sulfonamides is 1. The van der Waals surface area contributed by atoms with Crippen LogP contribution in [0.15, 0.2) is 56.9 Å². The van der Waals surface area contributed by atoms with E-state index in [9.17, 15) is 18.0 Å². The van der Waals surface area contributed by atoms with E-state index in [1.165, 1.54) is 6.08 Å². The Morgan fingerprint density at radius 1 is 1.06 bits per heavy atom. The molecule has 10 heteroatoms. The van der Waals surface area contributed by atoms with Gasteiger partial charge in [-0.1, -0.05) is 18.6 Å². The van der Waals surface area contributed by atoms with E-state index in [2.05, 4.69) is 10.3 Å². The summed E-state index contributed by atoms with van der Waals surface area (Å²) in [6.45, 7) is 1.11. The smallest absolute Gasteiger partial charge is 0.290 e. The van der Waals surface area contributed by atoms with Gasteiger partial charge < -0.3 is 4.42 Å². The number of rotatable bonds is 4. The Morgan fingerprint density at radius 2 is 1.81 bits per heavy atom. The summed E-state index contributed by atoms with van der Waals surface area (Å²) in [5.41, 5.74) is 2.03. The lowest BCUT2D eigenvalue weighted by atomic mass is 10.1. The molecule has 2 saturated heterocycles. The fourth-order valence-corrected chi connectivity index (χ4v) is 6.05. The SMILES string of the molecule is O=C1NC(=O)C(=Cc2cc3cncc(-c4ccc(S(=O)(=O)N5CCCCC5)cc4)c3o2)S1. The first-order valence-corrected chi connectivity index (χ1v) is 12.4. The van der Waals surface area contributed by atoms with Crippen molar-refractivity contribution in [3.05, 3.63) is 53.4 Å². The topological polar surface area (TPSA) is 110 Å². The Bertz CT molecular complexity index is 1350. The number of imide groups is 1. The maximum absolute atomic E-state index is 12.9. The maximum atomic E-state index is 12.9. The Labute approximate surface area is 188 Å². The van der Waals surface area contributed by atoms with Crippen LogP contribution in [0, 0.1) is 0 Å². The van der Waals surface area contributed by atoms with Crippen LogP contribution in [0.5, 0.6) is 0 Å². The van der Waals surface area contributed by atoms with Crippen LogP contribution in [0.1, 0.15) is 25.0 Å². The fourth-order valence-electron chi connectivity index (χ4n) is 3.87. The zero-order valence-corrected chi connectivity index (χ0v) is 18.5. The van der Waals surface area contributed by atoms with E-state index in [4.69, 9.17) is 4.42 Å². The first-order valence-electron chi connectivity index (χ1n) is 10.1. The summed E-state index contributed by atoms with van der Waals surface area (Å²) in [4.78, 5) is 27.9. The van der Waals surface area contributed by atoms with Crippen LogP contribution in [0.25, 0.3) is 28.2 Å². The average Bonchev–Trinajstić information content (AvgIpc) is 3.35. The summed E-state index contributed by atoms with van der Waals surface area (Å²) in [6.07, 6.45) is 7.64. The van der Waals surface area contributed by atoms with Crippen LogP contribution in [0.3, 0.4) is 0 Å². The lowest BCUT2D eigenvalue weighted by molar-refractivity contribution is -0.115. The number of furan rings is 1. The minimum Gasteiger partial charge on any atom is -0.456 e. The number of carbonyl (C=O) groups is 2. The number of hydrogen-bond acceptors (Lipinski definition) is 7. The molecule has 32 heavy (non-hydrogen) atoms. The molecule has 0 saturated carbocycles. The van der Waals surface area contributed by atoms with Crippen molar-refractivity contribution >= 4 is 50.0 Å². The molecule has 2 aliphatic rings. The van der Waals surface area contributed by atoms with E-state index in [0.717, 1.165) is 42.0 Å². The van der Waals surface area contributed by atoms with E-state index >= 15 is 0 Å². The number of nitrogens with one attached hydrogen (secondary N) is 1. The zero-order chi connectivity index (χ0) is 22.3. The normalized spacial score (nSPS) is 19.1. The molecule has 164 valence electrons. The number of fused-ring (bicyclic) bond motifs is 1. The van der Waals surface area contributed by atoms with Gasteiger partial charge in [0.05, 0.1) is 9.80 Å². The van der Waals surface area contributed by atoms with Crippen molar-refractivity contribution in [3.8, 4) is 11.1 Å². The molecular formula is C22H19N3O5S2. The second-order valence-electron chi connectivity index (χ2n) is 7.60. The van der Waals surface area contributed by atoms with E-state index in [0.29, 0.717) is 30.0 Å². The van der Waals surface area contributed by atoms with Crippen molar-refractivity contribution in [2.75, 3.05) is 13.1 Å². The van der Waals surface area contributed by atoms with Crippen LogP contribution in [0.4, 0.5) is 4.79 Å². The average molecular weight is 470 g/mol. The summed E-state index contributed by atoms with van der Waals surface area (Å²) in [6, 6.07) is 8.44. The highest BCUT2D eigenvalue weighted by Gasteiger charge is 2.27. The predicted molar refractivity (Wildman–Crippen MR) is 121 cm³/mol. The fraction of sp³-hybridized carbons (Fsp3) is 0.227. The molecule has 3 aromatic rings. The number of piperidine rings is 1. The zero-order valence-electron chi connectivity index (χ0n) is 16.9. The summed E-state index contributed by atoms with van der Waals surface area (Å²) < 4.78 is 33.3. The first kappa shape index (κ1) is 20.9. The van der Waals surface area contributed by atoms with Gasteiger partial charge >= 0.3 is 0 Å². The molecule has 1 aromatic carbocycles. The van der Waals surface area contributed by atoms with E-state index < -0.39 is 21.2 Å². The number of nitrogens with zero attached hydrogens (tertiary/aromatic N) is 2. The van der Waals surface area contributed by atoms with Crippen LogP contribution >= 0.6 is 11.8 Å². The maximum Gasteiger partial charge on any atom is 0.290 e. The highest BCUT2D eigenvalue weighted by molar-refractivity contribution is 8.18. The van der Waals surface area contributed by atoms with Gasteiger partial charge in [-0.05, 0) is 48.4 Å². The lowest BCUT2D eigenvalue weighted by Crippen LogP contribution is -2.35. The molecule has 8 nitrogen and oxygen atoms in total. The molecule has 0 bridgehead atoms. The summed E-state index contributed by atoms with van der Waals surface area (Å²) in [5, 5.41) is 2.52. The van der Waals surface area contributed by atoms with Crippen molar-refractivity contribution in [2.45, 2.75) is 24.2 Å². The Hall–Kier alpha value is -2.95. The number of aromatic nitrogens is 1. The van der Waals surface area contributed by atoms with Gasteiger partial charge in [0.2, 0.25) is 10.0 Å². The molecule has 0 unspecified atom stereocenters. The Balaban J connectivity index is 1.47. The minimum absolute atomic E-state index is 0.260. The molecular weight excluding hydrogens is 450 g/mol. The van der Waals surface area contributed by atoms with E-state index in [1.54, 1.807) is 47.0 Å². The molecule has 1 N–H and O–H groups in total. The van der Waals surface area contributed by atoms with Crippen molar-refractivity contribution in [2.24, 2.45) is 0 Å². The number of hydrogen-bond donors (Lipinski definition) is 1. The first-order chi connectivity index (χ1) is 15.4. The molecule has 2 aromatic heterocycles. The quantitative estimate of drug-likeness (QED) is 0.575. The predicted octanol–water partition coefficient (Wildman–Crippen LogP) is 3.99.